The monoisotopic (exact) mass is 326 g/mol. The summed E-state index contributed by atoms with van der Waals surface area (Å²) in [5.74, 6) is 1.77. The van der Waals surface area contributed by atoms with E-state index in [0.29, 0.717) is 0 Å². The molecule has 0 aromatic carbocycles. The molecule has 0 spiro atoms. The smallest absolute Gasteiger partial charge is 0.161 e. The molecule has 1 atom stereocenters. The molecule has 0 saturated carbocycles. The zero-order valence-corrected chi connectivity index (χ0v) is 14.6. The van der Waals surface area contributed by atoms with Crippen molar-refractivity contribution >= 4 is 5.82 Å². The summed E-state index contributed by atoms with van der Waals surface area (Å²) < 4.78 is 0. The number of anilines is 1. The third-order valence-corrected chi connectivity index (χ3v) is 4.97. The number of aliphatic hydroxyl groups excluding tert-OH is 1. The Bertz CT molecular complexity index is 676. The Morgan fingerprint density at radius 3 is 2.75 bits per heavy atom. The molecule has 3 rings (SSSR count). The van der Waals surface area contributed by atoms with Gasteiger partial charge in [0.25, 0.3) is 0 Å². The van der Waals surface area contributed by atoms with E-state index < -0.39 is 0 Å². The second-order valence-corrected chi connectivity index (χ2v) is 6.71. The molecule has 0 amide bonds. The SMILES string of the molecule is CCc1cc(N2CCC[C@@]2(C)CCCO)nc(-c2ccncc2)n1. The number of hydrogen-bond acceptors (Lipinski definition) is 5. The summed E-state index contributed by atoms with van der Waals surface area (Å²) in [4.78, 5) is 16.1. The van der Waals surface area contributed by atoms with E-state index in [4.69, 9.17) is 9.97 Å². The molecule has 128 valence electrons. The van der Waals surface area contributed by atoms with E-state index in [0.717, 1.165) is 61.5 Å². The molecular formula is C19H26N4O. The standard InChI is InChI=1S/C19H26N4O/c1-3-16-14-17(22-18(21-16)15-6-10-20-11-7-15)23-12-4-8-19(23,2)9-5-13-24/h6-7,10-11,14,24H,3-5,8-9,12-13H2,1-2H3/t19-/m0/s1. The van der Waals surface area contributed by atoms with Gasteiger partial charge in [0.15, 0.2) is 5.82 Å². The second-order valence-electron chi connectivity index (χ2n) is 6.71. The topological polar surface area (TPSA) is 62.1 Å². The highest BCUT2D eigenvalue weighted by Gasteiger charge is 2.37. The normalized spacial score (nSPS) is 20.5. The van der Waals surface area contributed by atoms with Crippen LogP contribution in [-0.2, 0) is 6.42 Å². The van der Waals surface area contributed by atoms with Crippen LogP contribution in [0.5, 0.6) is 0 Å². The number of hydrogen-bond donors (Lipinski definition) is 1. The van der Waals surface area contributed by atoms with Crippen LogP contribution >= 0.6 is 0 Å². The van der Waals surface area contributed by atoms with E-state index in [1.54, 1.807) is 12.4 Å². The summed E-state index contributed by atoms with van der Waals surface area (Å²) in [5, 5.41) is 9.22. The maximum atomic E-state index is 9.22. The number of pyridine rings is 1. The number of aromatic nitrogens is 3. The van der Waals surface area contributed by atoms with Crippen molar-refractivity contribution in [1.82, 2.24) is 15.0 Å². The molecule has 3 heterocycles. The van der Waals surface area contributed by atoms with Crippen molar-refractivity contribution < 1.29 is 5.11 Å². The maximum Gasteiger partial charge on any atom is 0.161 e. The van der Waals surface area contributed by atoms with Crippen LogP contribution < -0.4 is 4.90 Å². The first-order valence-corrected chi connectivity index (χ1v) is 8.83. The van der Waals surface area contributed by atoms with E-state index in [1.807, 2.05) is 12.1 Å². The third kappa shape index (κ3) is 3.41. The lowest BCUT2D eigenvalue weighted by molar-refractivity contribution is 0.265. The Labute approximate surface area is 143 Å². The van der Waals surface area contributed by atoms with E-state index >= 15 is 0 Å². The van der Waals surface area contributed by atoms with Crippen molar-refractivity contribution in [3.63, 3.8) is 0 Å². The van der Waals surface area contributed by atoms with E-state index in [-0.39, 0.29) is 12.1 Å². The van der Waals surface area contributed by atoms with Gasteiger partial charge < -0.3 is 10.0 Å². The van der Waals surface area contributed by atoms with Gasteiger partial charge in [-0.3, -0.25) is 4.98 Å². The molecule has 1 N–H and O–H groups in total. The van der Waals surface area contributed by atoms with Crippen molar-refractivity contribution in [3.8, 4) is 11.4 Å². The zero-order chi connectivity index (χ0) is 17.0. The lowest BCUT2D eigenvalue weighted by atomic mass is 9.93. The Kier molecular flexibility index (Phi) is 5.09. The second kappa shape index (κ2) is 7.26. The largest absolute Gasteiger partial charge is 0.396 e. The van der Waals surface area contributed by atoms with Crippen LogP contribution in [-0.4, -0.2) is 38.7 Å². The van der Waals surface area contributed by atoms with Crippen LogP contribution in [0.15, 0.2) is 30.6 Å². The highest BCUT2D eigenvalue weighted by molar-refractivity contribution is 5.58. The first-order chi connectivity index (χ1) is 11.7. The quantitative estimate of drug-likeness (QED) is 0.883. The highest BCUT2D eigenvalue weighted by Crippen LogP contribution is 2.37. The van der Waals surface area contributed by atoms with E-state index in [2.05, 4.69) is 29.8 Å². The molecule has 2 aromatic heterocycles. The van der Waals surface area contributed by atoms with Crippen LogP contribution in [0.25, 0.3) is 11.4 Å². The minimum Gasteiger partial charge on any atom is -0.396 e. The first-order valence-electron chi connectivity index (χ1n) is 8.83. The van der Waals surface area contributed by atoms with Crippen LogP contribution in [0.4, 0.5) is 5.82 Å². The average Bonchev–Trinajstić information content (AvgIpc) is 3.02. The molecule has 1 aliphatic heterocycles. The Morgan fingerprint density at radius 2 is 2.04 bits per heavy atom. The zero-order valence-electron chi connectivity index (χ0n) is 14.6. The molecule has 5 nitrogen and oxygen atoms in total. The van der Waals surface area contributed by atoms with Crippen molar-refractivity contribution in [2.75, 3.05) is 18.1 Å². The summed E-state index contributed by atoms with van der Waals surface area (Å²) in [6.45, 7) is 5.67. The molecule has 1 aliphatic rings. The predicted octanol–water partition coefficient (Wildman–Crippen LogP) is 3.23. The van der Waals surface area contributed by atoms with Crippen molar-refractivity contribution in [3.05, 3.63) is 36.3 Å². The number of nitrogens with zero attached hydrogens (tertiary/aromatic N) is 4. The molecule has 2 aromatic rings. The lowest BCUT2D eigenvalue weighted by Gasteiger charge is -2.36. The summed E-state index contributed by atoms with van der Waals surface area (Å²) in [6.07, 6.45) is 8.56. The summed E-state index contributed by atoms with van der Waals surface area (Å²) >= 11 is 0. The fourth-order valence-electron chi connectivity index (χ4n) is 3.57. The summed E-state index contributed by atoms with van der Waals surface area (Å²) in [7, 11) is 0. The van der Waals surface area contributed by atoms with Crippen molar-refractivity contribution in [1.29, 1.82) is 0 Å². The van der Waals surface area contributed by atoms with Gasteiger partial charge in [0.1, 0.15) is 5.82 Å². The fourth-order valence-corrected chi connectivity index (χ4v) is 3.57. The number of aryl methyl sites for hydroxylation is 1. The Morgan fingerprint density at radius 1 is 1.25 bits per heavy atom. The molecule has 1 saturated heterocycles. The minimum atomic E-state index is 0.0671. The van der Waals surface area contributed by atoms with Gasteiger partial charge in [-0.2, -0.15) is 0 Å². The third-order valence-electron chi connectivity index (χ3n) is 4.97. The molecule has 0 bridgehead atoms. The maximum absolute atomic E-state index is 9.22. The van der Waals surface area contributed by atoms with Gasteiger partial charge >= 0.3 is 0 Å². The van der Waals surface area contributed by atoms with Gasteiger partial charge in [0.2, 0.25) is 0 Å². The van der Waals surface area contributed by atoms with Gasteiger partial charge in [-0.15, -0.1) is 0 Å². The van der Waals surface area contributed by atoms with Crippen molar-refractivity contribution in [2.24, 2.45) is 0 Å². The molecular weight excluding hydrogens is 300 g/mol. The fraction of sp³-hybridized carbons (Fsp3) is 0.526. The van der Waals surface area contributed by atoms with Gasteiger partial charge in [-0.05, 0) is 51.2 Å². The van der Waals surface area contributed by atoms with E-state index in [1.165, 1.54) is 0 Å². The van der Waals surface area contributed by atoms with Gasteiger partial charge in [-0.25, -0.2) is 9.97 Å². The number of rotatable bonds is 6. The molecule has 24 heavy (non-hydrogen) atoms. The minimum absolute atomic E-state index is 0.0671. The van der Waals surface area contributed by atoms with Crippen LogP contribution in [0, 0.1) is 0 Å². The molecule has 0 radical (unpaired) electrons. The van der Waals surface area contributed by atoms with Crippen LogP contribution in [0.3, 0.4) is 0 Å². The number of aliphatic hydroxyl groups is 1. The molecule has 5 heteroatoms. The summed E-state index contributed by atoms with van der Waals surface area (Å²) in [6, 6.07) is 6.02. The molecule has 1 fully saturated rings. The van der Waals surface area contributed by atoms with Crippen LogP contribution in [0.2, 0.25) is 0 Å². The molecule has 0 aliphatic carbocycles. The van der Waals surface area contributed by atoms with Crippen LogP contribution in [0.1, 0.15) is 45.2 Å². The van der Waals surface area contributed by atoms with Gasteiger partial charge in [0.05, 0.1) is 0 Å². The Balaban J connectivity index is 1.98. The van der Waals surface area contributed by atoms with Gasteiger partial charge in [-0.1, -0.05) is 6.92 Å². The van der Waals surface area contributed by atoms with Gasteiger partial charge in [0, 0.05) is 48.4 Å². The van der Waals surface area contributed by atoms with E-state index in [9.17, 15) is 5.11 Å². The van der Waals surface area contributed by atoms with Crippen molar-refractivity contribution in [2.45, 2.75) is 51.5 Å². The first kappa shape index (κ1) is 16.8. The Hall–Kier alpha value is -2.01. The average molecular weight is 326 g/mol. The highest BCUT2D eigenvalue weighted by atomic mass is 16.2. The predicted molar refractivity (Wildman–Crippen MR) is 95.9 cm³/mol. The molecule has 0 unspecified atom stereocenters. The lowest BCUT2D eigenvalue weighted by Crippen LogP contribution is -2.42. The summed E-state index contributed by atoms with van der Waals surface area (Å²) in [5.41, 5.74) is 2.12.